The van der Waals surface area contributed by atoms with Gasteiger partial charge in [-0.05, 0) is 49.2 Å². The first-order valence-corrected chi connectivity index (χ1v) is 8.25. The molecule has 0 saturated carbocycles. The van der Waals surface area contributed by atoms with E-state index >= 15 is 0 Å². The normalized spacial score (nSPS) is 12.8. The highest BCUT2D eigenvalue weighted by Gasteiger charge is 2.09. The predicted octanol–water partition coefficient (Wildman–Crippen LogP) is 4.84. The van der Waals surface area contributed by atoms with Crippen molar-refractivity contribution in [3.05, 3.63) is 52.0 Å². The number of aliphatic hydroxyl groups excluding tert-OH is 1. The number of hydrogen-bond donors (Lipinski definition) is 2. The summed E-state index contributed by atoms with van der Waals surface area (Å²) in [6.07, 6.45) is -0.479. The van der Waals surface area contributed by atoms with Gasteiger partial charge in [0.2, 0.25) is 0 Å². The van der Waals surface area contributed by atoms with Crippen molar-refractivity contribution in [1.82, 2.24) is 9.97 Å². The highest BCUT2D eigenvalue weighted by atomic mass is 79.9. The second kappa shape index (κ2) is 5.83. The summed E-state index contributed by atoms with van der Waals surface area (Å²) in [6, 6.07) is 12.1. The lowest BCUT2D eigenvalue weighted by molar-refractivity contribution is 0.198. The quantitative estimate of drug-likeness (QED) is 0.700. The van der Waals surface area contributed by atoms with Crippen LogP contribution in [0.4, 0.5) is 0 Å². The van der Waals surface area contributed by atoms with Crippen LogP contribution in [0.5, 0.6) is 0 Å². The number of hydrogen-bond acceptors (Lipinski definition) is 3. The Kier molecular flexibility index (Phi) is 4.06. The average molecular weight is 363 g/mol. The van der Waals surface area contributed by atoms with Crippen LogP contribution in [0.2, 0.25) is 0 Å². The number of aliphatic hydroxyl groups is 1. The van der Waals surface area contributed by atoms with Gasteiger partial charge < -0.3 is 10.1 Å². The van der Waals surface area contributed by atoms with Crippen LogP contribution in [-0.2, 0) is 0 Å². The Morgan fingerprint density at radius 1 is 1.24 bits per heavy atom. The lowest BCUT2D eigenvalue weighted by Crippen LogP contribution is -1.92. The molecule has 3 rings (SSSR count). The van der Waals surface area contributed by atoms with E-state index in [-0.39, 0.29) is 0 Å². The molecule has 0 fully saturated rings. The summed E-state index contributed by atoms with van der Waals surface area (Å²) in [5.41, 5.74) is 4.13. The number of aromatic nitrogens is 2. The number of benzene rings is 2. The number of nitrogens with zero attached hydrogens (tertiary/aromatic N) is 1. The van der Waals surface area contributed by atoms with E-state index in [1.54, 1.807) is 18.7 Å². The molecule has 108 valence electrons. The Balaban J connectivity index is 1.89. The van der Waals surface area contributed by atoms with E-state index in [0.717, 1.165) is 31.1 Å². The zero-order valence-corrected chi connectivity index (χ0v) is 14.1. The van der Waals surface area contributed by atoms with E-state index < -0.39 is 6.10 Å². The third-order valence-corrected chi connectivity index (χ3v) is 4.82. The number of aromatic amines is 1. The van der Waals surface area contributed by atoms with Crippen LogP contribution in [-0.4, -0.2) is 15.1 Å². The molecule has 0 unspecified atom stereocenters. The number of rotatable bonds is 3. The van der Waals surface area contributed by atoms with Crippen molar-refractivity contribution >= 4 is 38.7 Å². The number of nitrogens with one attached hydrogen (secondary N) is 1. The summed E-state index contributed by atoms with van der Waals surface area (Å²) in [5, 5.41) is 10.5. The molecule has 0 aliphatic rings. The number of fused-ring (bicyclic) bond motifs is 1. The van der Waals surface area contributed by atoms with Gasteiger partial charge >= 0.3 is 0 Å². The van der Waals surface area contributed by atoms with Gasteiger partial charge in [0, 0.05) is 9.37 Å². The summed E-state index contributed by atoms with van der Waals surface area (Å²) in [4.78, 5) is 8.98. The van der Waals surface area contributed by atoms with Crippen molar-refractivity contribution in [2.75, 3.05) is 0 Å². The Labute approximate surface area is 135 Å². The Morgan fingerprint density at radius 3 is 2.76 bits per heavy atom. The maximum absolute atomic E-state index is 9.65. The Morgan fingerprint density at radius 2 is 2.05 bits per heavy atom. The van der Waals surface area contributed by atoms with Crippen molar-refractivity contribution in [1.29, 1.82) is 0 Å². The second-order valence-corrected chi connectivity index (χ2v) is 6.94. The van der Waals surface area contributed by atoms with Crippen LogP contribution >= 0.6 is 27.7 Å². The van der Waals surface area contributed by atoms with Crippen LogP contribution in [0.3, 0.4) is 0 Å². The van der Waals surface area contributed by atoms with E-state index in [1.807, 2.05) is 24.3 Å². The van der Waals surface area contributed by atoms with E-state index in [9.17, 15) is 5.11 Å². The van der Waals surface area contributed by atoms with Gasteiger partial charge in [-0.2, -0.15) is 0 Å². The monoisotopic (exact) mass is 362 g/mol. The maximum Gasteiger partial charge on any atom is 0.171 e. The molecular formula is C16H15BrN2OS. The van der Waals surface area contributed by atoms with Crippen molar-refractivity contribution in [2.45, 2.75) is 30.0 Å². The zero-order chi connectivity index (χ0) is 15.0. The molecule has 2 N–H and O–H groups in total. The molecule has 0 spiro atoms. The van der Waals surface area contributed by atoms with Crippen LogP contribution < -0.4 is 0 Å². The van der Waals surface area contributed by atoms with E-state index in [2.05, 4.69) is 45.0 Å². The van der Waals surface area contributed by atoms with Gasteiger partial charge in [0.1, 0.15) is 0 Å². The highest BCUT2D eigenvalue weighted by Crippen LogP contribution is 2.32. The minimum atomic E-state index is -0.479. The third-order valence-electron chi connectivity index (χ3n) is 3.25. The van der Waals surface area contributed by atoms with Gasteiger partial charge in [-0.1, -0.05) is 39.8 Å². The molecule has 1 atom stereocenters. The summed E-state index contributed by atoms with van der Waals surface area (Å²) < 4.78 is 0.912. The van der Waals surface area contributed by atoms with Gasteiger partial charge in [-0.3, -0.25) is 0 Å². The first-order chi connectivity index (χ1) is 10.0. The summed E-state index contributed by atoms with van der Waals surface area (Å²) >= 11 is 5.08. The van der Waals surface area contributed by atoms with Crippen LogP contribution in [0.15, 0.2) is 50.9 Å². The molecule has 0 amide bonds. The van der Waals surface area contributed by atoms with Crippen LogP contribution in [0.25, 0.3) is 11.0 Å². The molecule has 1 heterocycles. The second-order valence-electron chi connectivity index (χ2n) is 5.02. The van der Waals surface area contributed by atoms with E-state index in [0.29, 0.717) is 0 Å². The SMILES string of the molecule is Cc1ccc2nc(Sc3ccc([C@H](C)O)c(Br)c3)[nH]c2c1. The van der Waals surface area contributed by atoms with Crippen molar-refractivity contribution in [3.8, 4) is 0 Å². The predicted molar refractivity (Wildman–Crippen MR) is 89.7 cm³/mol. The minimum Gasteiger partial charge on any atom is -0.389 e. The smallest absolute Gasteiger partial charge is 0.171 e. The lowest BCUT2D eigenvalue weighted by atomic mass is 10.1. The fraction of sp³-hybridized carbons (Fsp3) is 0.188. The molecular weight excluding hydrogens is 348 g/mol. The van der Waals surface area contributed by atoms with Gasteiger partial charge in [-0.25, -0.2) is 4.98 Å². The molecule has 0 radical (unpaired) electrons. The summed E-state index contributed by atoms with van der Waals surface area (Å²) in [6.45, 7) is 3.83. The highest BCUT2D eigenvalue weighted by molar-refractivity contribution is 9.10. The number of imidazole rings is 1. The Hall–Kier alpha value is -1.30. The standard InChI is InChI=1S/C16H15BrN2OS/c1-9-3-6-14-15(7-9)19-16(18-14)21-11-4-5-12(10(2)20)13(17)8-11/h3-8,10,20H,1-2H3,(H,18,19)/t10-/m0/s1. The van der Waals surface area contributed by atoms with E-state index in [1.165, 1.54) is 5.56 Å². The number of H-pyrrole nitrogens is 1. The van der Waals surface area contributed by atoms with Crippen molar-refractivity contribution in [3.63, 3.8) is 0 Å². The lowest BCUT2D eigenvalue weighted by Gasteiger charge is -2.08. The maximum atomic E-state index is 9.65. The molecule has 0 aliphatic heterocycles. The molecule has 2 aromatic carbocycles. The van der Waals surface area contributed by atoms with Crippen molar-refractivity contribution < 1.29 is 5.11 Å². The minimum absolute atomic E-state index is 0.479. The number of aryl methyl sites for hydroxylation is 1. The number of halogens is 1. The first-order valence-electron chi connectivity index (χ1n) is 6.64. The first kappa shape index (κ1) is 14.6. The Bertz CT molecular complexity index is 798. The summed E-state index contributed by atoms with van der Waals surface area (Å²) in [7, 11) is 0. The van der Waals surface area contributed by atoms with Gasteiger partial charge in [-0.15, -0.1) is 0 Å². The average Bonchev–Trinajstić information content (AvgIpc) is 2.79. The molecule has 3 nitrogen and oxygen atoms in total. The molecule has 21 heavy (non-hydrogen) atoms. The van der Waals surface area contributed by atoms with Crippen LogP contribution in [0, 0.1) is 6.92 Å². The van der Waals surface area contributed by atoms with Gasteiger partial charge in [0.05, 0.1) is 17.1 Å². The van der Waals surface area contributed by atoms with Crippen LogP contribution in [0.1, 0.15) is 24.2 Å². The van der Waals surface area contributed by atoms with Crippen molar-refractivity contribution in [2.24, 2.45) is 0 Å². The molecule has 0 bridgehead atoms. The molecule has 1 aromatic heterocycles. The zero-order valence-electron chi connectivity index (χ0n) is 11.7. The van der Waals surface area contributed by atoms with Gasteiger partial charge in [0.25, 0.3) is 0 Å². The molecule has 5 heteroatoms. The summed E-state index contributed by atoms with van der Waals surface area (Å²) in [5.74, 6) is 0. The molecule has 0 aliphatic carbocycles. The molecule has 0 saturated heterocycles. The largest absolute Gasteiger partial charge is 0.389 e. The molecule has 3 aromatic rings. The van der Waals surface area contributed by atoms with E-state index in [4.69, 9.17) is 0 Å². The third kappa shape index (κ3) is 3.15. The topological polar surface area (TPSA) is 48.9 Å². The fourth-order valence-corrected chi connectivity index (χ4v) is 3.87. The fourth-order valence-electron chi connectivity index (χ4n) is 2.17. The van der Waals surface area contributed by atoms with Gasteiger partial charge in [0.15, 0.2) is 5.16 Å².